The molecule has 1 N–H and O–H groups in total. The minimum atomic E-state index is 0.145. The quantitative estimate of drug-likeness (QED) is 0.800. The first-order valence-corrected chi connectivity index (χ1v) is 5.33. The van der Waals surface area contributed by atoms with Gasteiger partial charge in [-0.1, -0.05) is 24.3 Å². The summed E-state index contributed by atoms with van der Waals surface area (Å²) in [6.45, 7) is 5.10. The fraction of sp³-hybridized carbons (Fsp3) is 0.538. The molecule has 1 aromatic carbocycles. The van der Waals surface area contributed by atoms with Gasteiger partial charge in [0.15, 0.2) is 0 Å². The molecule has 0 aliphatic rings. The monoisotopic (exact) mass is 207 g/mol. The highest BCUT2D eigenvalue weighted by Gasteiger charge is 2.15. The molecule has 0 unspecified atom stereocenters. The van der Waals surface area contributed by atoms with E-state index in [0.717, 1.165) is 6.42 Å². The largest absolute Gasteiger partial charge is 0.380 e. The van der Waals surface area contributed by atoms with Crippen molar-refractivity contribution in [2.24, 2.45) is 0 Å². The molecular formula is C13H21NO. The van der Waals surface area contributed by atoms with Gasteiger partial charge in [-0.15, -0.1) is 0 Å². The minimum Gasteiger partial charge on any atom is -0.380 e. The lowest BCUT2D eigenvalue weighted by molar-refractivity contribution is 0.185. The van der Waals surface area contributed by atoms with Crippen LogP contribution in [0, 0.1) is 0 Å². The molecule has 0 saturated heterocycles. The van der Waals surface area contributed by atoms with E-state index in [-0.39, 0.29) is 5.54 Å². The Morgan fingerprint density at radius 2 is 1.93 bits per heavy atom. The highest BCUT2D eigenvalue weighted by Crippen LogP contribution is 2.14. The van der Waals surface area contributed by atoms with Gasteiger partial charge in [0.05, 0.1) is 6.61 Å². The number of ether oxygens (including phenoxy) is 1. The summed E-state index contributed by atoms with van der Waals surface area (Å²) in [7, 11) is 3.73. The van der Waals surface area contributed by atoms with Gasteiger partial charge >= 0.3 is 0 Å². The van der Waals surface area contributed by atoms with Gasteiger partial charge in [0.25, 0.3) is 0 Å². The van der Waals surface area contributed by atoms with Crippen molar-refractivity contribution in [3.05, 3.63) is 35.4 Å². The number of hydrogen-bond donors (Lipinski definition) is 1. The molecule has 84 valence electrons. The lowest BCUT2D eigenvalue weighted by atomic mass is 9.94. The third kappa shape index (κ3) is 4.02. The van der Waals surface area contributed by atoms with Crippen molar-refractivity contribution >= 4 is 0 Å². The molecule has 1 rings (SSSR count). The molecule has 0 saturated carbocycles. The Kier molecular flexibility index (Phi) is 4.30. The van der Waals surface area contributed by atoms with Crippen LogP contribution in [-0.4, -0.2) is 19.7 Å². The smallest absolute Gasteiger partial charge is 0.0713 e. The Bertz CT molecular complexity index is 307. The number of benzene rings is 1. The SMILES string of the molecule is CNC(C)(C)Cc1cccc(COC)c1. The summed E-state index contributed by atoms with van der Waals surface area (Å²) in [6.07, 6.45) is 1.03. The van der Waals surface area contributed by atoms with E-state index in [2.05, 4.69) is 43.4 Å². The second-order valence-corrected chi connectivity index (χ2v) is 4.56. The van der Waals surface area contributed by atoms with Crippen molar-refractivity contribution < 1.29 is 4.74 Å². The van der Waals surface area contributed by atoms with E-state index in [1.807, 2.05) is 7.05 Å². The molecule has 0 aliphatic carbocycles. The van der Waals surface area contributed by atoms with E-state index in [4.69, 9.17) is 4.74 Å². The van der Waals surface area contributed by atoms with E-state index < -0.39 is 0 Å². The van der Waals surface area contributed by atoms with Crippen LogP contribution in [0.1, 0.15) is 25.0 Å². The molecule has 2 heteroatoms. The van der Waals surface area contributed by atoms with Gasteiger partial charge in [0, 0.05) is 12.6 Å². The maximum Gasteiger partial charge on any atom is 0.0713 e. The third-order valence-corrected chi connectivity index (χ3v) is 2.63. The molecule has 1 aromatic rings. The van der Waals surface area contributed by atoms with Crippen molar-refractivity contribution in [1.82, 2.24) is 5.32 Å². The molecule has 0 amide bonds. The van der Waals surface area contributed by atoms with Crippen molar-refractivity contribution in [2.45, 2.75) is 32.4 Å². The third-order valence-electron chi connectivity index (χ3n) is 2.63. The van der Waals surface area contributed by atoms with Gasteiger partial charge in [-0.25, -0.2) is 0 Å². The Balaban J connectivity index is 2.73. The number of hydrogen-bond acceptors (Lipinski definition) is 2. The molecule has 0 atom stereocenters. The second kappa shape index (κ2) is 5.29. The van der Waals surface area contributed by atoms with Crippen LogP contribution in [0.5, 0.6) is 0 Å². The summed E-state index contributed by atoms with van der Waals surface area (Å²) >= 11 is 0. The average molecular weight is 207 g/mol. The van der Waals surface area contributed by atoms with Crippen LogP contribution in [0.3, 0.4) is 0 Å². The van der Waals surface area contributed by atoms with Gasteiger partial charge in [-0.2, -0.15) is 0 Å². The summed E-state index contributed by atoms with van der Waals surface area (Å²) in [5.41, 5.74) is 2.73. The first-order chi connectivity index (χ1) is 7.07. The molecule has 15 heavy (non-hydrogen) atoms. The summed E-state index contributed by atoms with van der Waals surface area (Å²) in [6, 6.07) is 8.57. The van der Waals surface area contributed by atoms with E-state index in [1.54, 1.807) is 7.11 Å². The van der Waals surface area contributed by atoms with Crippen LogP contribution in [0.2, 0.25) is 0 Å². The standard InChI is InChI=1S/C13H21NO/c1-13(2,14-3)9-11-6-5-7-12(8-11)10-15-4/h5-8,14H,9-10H2,1-4H3. The van der Waals surface area contributed by atoms with Crippen molar-refractivity contribution in [2.75, 3.05) is 14.2 Å². The predicted molar refractivity (Wildman–Crippen MR) is 64.0 cm³/mol. The van der Waals surface area contributed by atoms with Crippen LogP contribution < -0.4 is 5.32 Å². The molecule has 0 aromatic heterocycles. The maximum absolute atomic E-state index is 5.12. The van der Waals surface area contributed by atoms with Crippen molar-refractivity contribution in [3.8, 4) is 0 Å². The lowest BCUT2D eigenvalue weighted by Gasteiger charge is -2.24. The fourth-order valence-electron chi connectivity index (χ4n) is 1.59. The van der Waals surface area contributed by atoms with Crippen LogP contribution in [0.15, 0.2) is 24.3 Å². The van der Waals surface area contributed by atoms with E-state index >= 15 is 0 Å². The van der Waals surface area contributed by atoms with E-state index in [9.17, 15) is 0 Å². The zero-order chi connectivity index (χ0) is 11.3. The van der Waals surface area contributed by atoms with E-state index in [0.29, 0.717) is 6.61 Å². The normalized spacial score (nSPS) is 11.7. The van der Waals surface area contributed by atoms with Gasteiger partial charge in [-0.3, -0.25) is 0 Å². The Labute approximate surface area is 92.6 Å². The number of nitrogens with one attached hydrogen (secondary N) is 1. The zero-order valence-corrected chi connectivity index (χ0v) is 10.1. The van der Waals surface area contributed by atoms with Gasteiger partial charge < -0.3 is 10.1 Å². The summed E-state index contributed by atoms with van der Waals surface area (Å²) in [4.78, 5) is 0. The molecule has 0 radical (unpaired) electrons. The van der Waals surface area contributed by atoms with Crippen LogP contribution >= 0.6 is 0 Å². The molecule has 2 nitrogen and oxygen atoms in total. The maximum atomic E-state index is 5.12. The first-order valence-electron chi connectivity index (χ1n) is 5.33. The van der Waals surface area contributed by atoms with Crippen LogP contribution in [-0.2, 0) is 17.8 Å². The minimum absolute atomic E-state index is 0.145. The topological polar surface area (TPSA) is 21.3 Å². The van der Waals surface area contributed by atoms with Crippen molar-refractivity contribution in [1.29, 1.82) is 0 Å². The molecule has 0 fully saturated rings. The van der Waals surface area contributed by atoms with Crippen LogP contribution in [0.25, 0.3) is 0 Å². The second-order valence-electron chi connectivity index (χ2n) is 4.56. The first kappa shape index (κ1) is 12.2. The van der Waals surface area contributed by atoms with E-state index in [1.165, 1.54) is 11.1 Å². The van der Waals surface area contributed by atoms with Crippen molar-refractivity contribution in [3.63, 3.8) is 0 Å². The molecular weight excluding hydrogens is 186 g/mol. The average Bonchev–Trinajstić information content (AvgIpc) is 2.18. The molecule has 0 heterocycles. The molecule has 0 aliphatic heterocycles. The summed E-state index contributed by atoms with van der Waals surface area (Å²) in [5, 5.41) is 3.31. The van der Waals surface area contributed by atoms with Gasteiger partial charge in [-0.05, 0) is 38.4 Å². The number of methoxy groups -OCH3 is 1. The summed E-state index contributed by atoms with van der Waals surface area (Å²) < 4.78 is 5.12. The van der Waals surface area contributed by atoms with Gasteiger partial charge in [0.1, 0.15) is 0 Å². The number of rotatable bonds is 5. The Hall–Kier alpha value is -0.860. The van der Waals surface area contributed by atoms with Crippen LogP contribution in [0.4, 0.5) is 0 Å². The number of likely N-dealkylation sites (N-methyl/N-ethyl adjacent to an activating group) is 1. The highest BCUT2D eigenvalue weighted by molar-refractivity contribution is 5.24. The Morgan fingerprint density at radius 3 is 2.53 bits per heavy atom. The highest BCUT2D eigenvalue weighted by atomic mass is 16.5. The molecule has 0 bridgehead atoms. The lowest BCUT2D eigenvalue weighted by Crippen LogP contribution is -2.38. The zero-order valence-electron chi connectivity index (χ0n) is 10.1. The fourth-order valence-corrected chi connectivity index (χ4v) is 1.59. The van der Waals surface area contributed by atoms with Gasteiger partial charge in [0.2, 0.25) is 0 Å². The predicted octanol–water partition coefficient (Wildman–Crippen LogP) is 2.37. The Morgan fingerprint density at radius 1 is 1.27 bits per heavy atom. The molecule has 0 spiro atoms. The summed E-state index contributed by atoms with van der Waals surface area (Å²) in [5.74, 6) is 0.